The summed E-state index contributed by atoms with van der Waals surface area (Å²) in [6, 6.07) is 18.6. The molecular weight excluding hydrogens is 504 g/mol. The van der Waals surface area contributed by atoms with Gasteiger partial charge in [-0.15, -0.1) is 0 Å². The van der Waals surface area contributed by atoms with E-state index in [4.69, 9.17) is 21.1 Å². The molecule has 0 unspecified atom stereocenters. The number of carbonyl (C=O) groups is 2. The summed E-state index contributed by atoms with van der Waals surface area (Å²) in [5, 5.41) is 11.4. The molecule has 0 bridgehead atoms. The van der Waals surface area contributed by atoms with Gasteiger partial charge in [-0.25, -0.2) is 0 Å². The van der Waals surface area contributed by atoms with E-state index >= 15 is 0 Å². The monoisotopic (exact) mass is 524 g/mol. The van der Waals surface area contributed by atoms with E-state index in [9.17, 15) is 19.7 Å². The number of benzene rings is 3. The lowest BCUT2D eigenvalue weighted by Crippen LogP contribution is -2.27. The number of para-hydroxylation sites is 1. The van der Waals surface area contributed by atoms with Crippen molar-refractivity contribution in [2.75, 3.05) is 6.61 Å². The lowest BCUT2D eigenvalue weighted by atomic mass is 10.1. The first-order chi connectivity index (χ1) is 17.4. The number of carbonyl (C=O) groups excluding carboxylic acids is 2. The average molecular weight is 525 g/mol. The van der Waals surface area contributed by atoms with Crippen LogP contribution in [-0.2, 0) is 17.9 Å². The first kappa shape index (κ1) is 25.3. The lowest BCUT2D eigenvalue weighted by Gasteiger charge is -2.13. The molecule has 8 nitrogen and oxygen atoms in total. The Balaban J connectivity index is 1.52. The molecule has 1 saturated heterocycles. The number of nitro benzene ring substituents is 1. The highest BCUT2D eigenvalue weighted by molar-refractivity contribution is 8.18. The molecular formula is C26H21ClN2O6S. The van der Waals surface area contributed by atoms with Crippen molar-refractivity contribution in [2.24, 2.45) is 0 Å². The molecule has 184 valence electrons. The van der Waals surface area contributed by atoms with Gasteiger partial charge in [-0.1, -0.05) is 48.0 Å². The van der Waals surface area contributed by atoms with Crippen LogP contribution in [0.2, 0.25) is 5.02 Å². The Hall–Kier alpha value is -3.82. The second-order valence-electron chi connectivity index (χ2n) is 7.71. The van der Waals surface area contributed by atoms with Crippen molar-refractivity contribution in [3.63, 3.8) is 0 Å². The van der Waals surface area contributed by atoms with Crippen LogP contribution in [0.5, 0.6) is 11.5 Å². The summed E-state index contributed by atoms with van der Waals surface area (Å²) in [6.07, 6.45) is 1.59. The number of halogens is 1. The minimum Gasteiger partial charge on any atom is -0.490 e. The van der Waals surface area contributed by atoms with Crippen LogP contribution in [0, 0.1) is 10.1 Å². The average Bonchev–Trinajstić information content (AvgIpc) is 3.12. The van der Waals surface area contributed by atoms with Crippen LogP contribution in [0.1, 0.15) is 23.6 Å². The SMILES string of the molecule is CCOc1cc(/C=C2\SC(=O)N(Cc3ccccc3[N+](=O)[O-])C2=O)ccc1OCc1ccc(Cl)cc1. The number of hydrogen-bond donors (Lipinski definition) is 0. The Morgan fingerprint density at radius 1 is 1.03 bits per heavy atom. The van der Waals surface area contributed by atoms with Gasteiger partial charge in [0, 0.05) is 16.7 Å². The first-order valence-corrected chi connectivity index (χ1v) is 12.2. The van der Waals surface area contributed by atoms with Crippen LogP contribution < -0.4 is 9.47 Å². The standard InChI is InChI=1S/C26H21ClN2O6S/c1-2-34-23-13-18(9-12-22(23)35-16-17-7-10-20(27)11-8-17)14-24-25(30)28(26(31)36-24)15-19-5-3-4-6-21(19)29(32)33/h3-14H,2,15-16H2,1H3/b24-14-. The number of nitrogens with zero attached hydrogens (tertiary/aromatic N) is 2. The molecule has 1 aliphatic heterocycles. The number of thioether (sulfide) groups is 1. The quantitative estimate of drug-likeness (QED) is 0.180. The Bertz CT molecular complexity index is 1340. The maximum absolute atomic E-state index is 12.9. The highest BCUT2D eigenvalue weighted by Crippen LogP contribution is 2.36. The van der Waals surface area contributed by atoms with Gasteiger partial charge in [-0.2, -0.15) is 0 Å². The van der Waals surface area contributed by atoms with Crippen LogP contribution in [0.4, 0.5) is 10.5 Å². The third-order valence-corrected chi connectivity index (χ3v) is 6.42. The van der Waals surface area contributed by atoms with Crippen LogP contribution in [-0.4, -0.2) is 27.6 Å². The van der Waals surface area contributed by atoms with Crippen molar-refractivity contribution in [3.8, 4) is 11.5 Å². The van der Waals surface area contributed by atoms with Gasteiger partial charge >= 0.3 is 0 Å². The summed E-state index contributed by atoms with van der Waals surface area (Å²) in [7, 11) is 0. The van der Waals surface area contributed by atoms with Crippen molar-refractivity contribution in [1.29, 1.82) is 0 Å². The number of imide groups is 1. The van der Waals surface area contributed by atoms with Gasteiger partial charge < -0.3 is 9.47 Å². The van der Waals surface area contributed by atoms with Crippen LogP contribution >= 0.6 is 23.4 Å². The van der Waals surface area contributed by atoms with Gasteiger partial charge in [-0.3, -0.25) is 24.6 Å². The Labute approximate surface area is 216 Å². The molecule has 3 aromatic carbocycles. The van der Waals surface area contributed by atoms with E-state index in [1.807, 2.05) is 19.1 Å². The number of amides is 2. The molecule has 4 rings (SSSR count). The molecule has 0 saturated carbocycles. The zero-order valence-electron chi connectivity index (χ0n) is 19.2. The van der Waals surface area contributed by atoms with E-state index in [1.54, 1.807) is 42.5 Å². The third-order valence-electron chi connectivity index (χ3n) is 5.26. The minimum atomic E-state index is -0.532. The molecule has 0 radical (unpaired) electrons. The predicted octanol–water partition coefficient (Wildman–Crippen LogP) is 6.46. The number of hydrogen-bond acceptors (Lipinski definition) is 7. The summed E-state index contributed by atoms with van der Waals surface area (Å²) in [6.45, 7) is 2.40. The van der Waals surface area contributed by atoms with Crippen LogP contribution in [0.25, 0.3) is 6.08 Å². The Kier molecular flexibility index (Phi) is 7.92. The Morgan fingerprint density at radius 3 is 2.50 bits per heavy atom. The first-order valence-electron chi connectivity index (χ1n) is 11.0. The molecule has 3 aromatic rings. The highest BCUT2D eigenvalue weighted by Gasteiger charge is 2.36. The molecule has 0 aliphatic carbocycles. The third kappa shape index (κ3) is 5.87. The molecule has 1 fully saturated rings. The van der Waals surface area contributed by atoms with E-state index in [-0.39, 0.29) is 22.7 Å². The van der Waals surface area contributed by atoms with Crippen molar-refractivity contribution in [3.05, 3.63) is 103 Å². The molecule has 0 aromatic heterocycles. The topological polar surface area (TPSA) is 99.0 Å². The van der Waals surface area contributed by atoms with E-state index in [0.717, 1.165) is 22.2 Å². The highest BCUT2D eigenvalue weighted by atomic mass is 35.5. The molecule has 2 amide bonds. The fraction of sp³-hybridized carbons (Fsp3) is 0.154. The fourth-order valence-corrected chi connectivity index (χ4v) is 4.49. The summed E-state index contributed by atoms with van der Waals surface area (Å²) >= 11 is 6.72. The second kappa shape index (κ2) is 11.3. The van der Waals surface area contributed by atoms with Crippen molar-refractivity contribution >= 4 is 46.3 Å². The molecule has 0 N–H and O–H groups in total. The smallest absolute Gasteiger partial charge is 0.293 e. The van der Waals surface area contributed by atoms with Gasteiger partial charge in [0.15, 0.2) is 11.5 Å². The van der Waals surface area contributed by atoms with Crippen LogP contribution in [0.15, 0.2) is 71.6 Å². The molecule has 0 spiro atoms. The van der Waals surface area contributed by atoms with Crippen LogP contribution in [0.3, 0.4) is 0 Å². The number of rotatable bonds is 9. The van der Waals surface area contributed by atoms with Gasteiger partial charge in [0.25, 0.3) is 16.8 Å². The molecule has 36 heavy (non-hydrogen) atoms. The zero-order valence-corrected chi connectivity index (χ0v) is 20.8. The molecule has 10 heteroatoms. The van der Waals surface area contributed by atoms with Gasteiger partial charge in [0.1, 0.15) is 6.61 Å². The van der Waals surface area contributed by atoms with Crippen molar-refractivity contribution in [1.82, 2.24) is 4.90 Å². The molecule has 1 heterocycles. The molecule has 0 atom stereocenters. The fourth-order valence-electron chi connectivity index (χ4n) is 3.52. The maximum Gasteiger partial charge on any atom is 0.293 e. The predicted molar refractivity (Wildman–Crippen MR) is 138 cm³/mol. The number of ether oxygens (including phenoxy) is 2. The zero-order chi connectivity index (χ0) is 25.7. The minimum absolute atomic E-state index is 0.143. The lowest BCUT2D eigenvalue weighted by molar-refractivity contribution is -0.385. The van der Waals surface area contributed by atoms with Crippen molar-refractivity contribution in [2.45, 2.75) is 20.1 Å². The summed E-state index contributed by atoms with van der Waals surface area (Å²) in [5.74, 6) is 0.525. The normalized spacial score (nSPS) is 14.4. The van der Waals surface area contributed by atoms with E-state index in [0.29, 0.717) is 35.3 Å². The van der Waals surface area contributed by atoms with Crippen molar-refractivity contribution < 1.29 is 24.0 Å². The summed E-state index contributed by atoms with van der Waals surface area (Å²) in [5.41, 5.74) is 1.73. The molecule has 1 aliphatic rings. The van der Waals surface area contributed by atoms with E-state index in [2.05, 4.69) is 0 Å². The Morgan fingerprint density at radius 2 is 1.78 bits per heavy atom. The largest absolute Gasteiger partial charge is 0.490 e. The van der Waals surface area contributed by atoms with Gasteiger partial charge in [-0.05, 0) is 60.2 Å². The van der Waals surface area contributed by atoms with Gasteiger partial charge in [0.05, 0.1) is 23.0 Å². The van der Waals surface area contributed by atoms with E-state index in [1.165, 1.54) is 18.2 Å². The number of nitro groups is 1. The summed E-state index contributed by atoms with van der Waals surface area (Å²) < 4.78 is 11.6. The second-order valence-corrected chi connectivity index (χ2v) is 9.14. The summed E-state index contributed by atoms with van der Waals surface area (Å²) in [4.78, 5) is 37.5. The van der Waals surface area contributed by atoms with Gasteiger partial charge in [0.2, 0.25) is 0 Å². The van der Waals surface area contributed by atoms with E-state index < -0.39 is 16.1 Å². The maximum atomic E-state index is 12.9.